The van der Waals surface area contributed by atoms with Crippen LogP contribution >= 0.6 is 22.6 Å². The summed E-state index contributed by atoms with van der Waals surface area (Å²) in [5.41, 5.74) is 0. The average molecular weight is 579 g/mol. The second-order valence-corrected chi connectivity index (χ2v) is 10.8. The fourth-order valence-corrected chi connectivity index (χ4v) is 4.52. The van der Waals surface area contributed by atoms with Crippen LogP contribution in [0.15, 0.2) is 12.2 Å². The molecule has 198 valence electrons. The molecule has 0 amide bonds. The first-order valence-electron chi connectivity index (χ1n) is 14.8. The highest BCUT2D eigenvalue weighted by Gasteiger charge is 2.09. The highest BCUT2D eigenvalue weighted by molar-refractivity contribution is 14.1. The fourth-order valence-electron chi connectivity index (χ4n) is 4.16. The molecule has 0 atom stereocenters. The van der Waals surface area contributed by atoms with Gasteiger partial charge in [0.05, 0.1) is 0 Å². The van der Waals surface area contributed by atoms with E-state index in [0.717, 1.165) is 19.6 Å². The summed E-state index contributed by atoms with van der Waals surface area (Å²) < 4.78 is 13.6. The van der Waals surface area contributed by atoms with Crippen molar-refractivity contribution in [3.8, 4) is 0 Å². The van der Waals surface area contributed by atoms with Gasteiger partial charge in [-0.15, -0.1) is 0 Å². The number of alkyl halides is 1. The molecule has 33 heavy (non-hydrogen) atoms. The molecule has 0 aliphatic rings. The Kier molecular flexibility index (Phi) is 30.8. The Bertz CT molecular complexity index is 354. The van der Waals surface area contributed by atoms with Crippen LogP contribution in [-0.2, 0) is 9.47 Å². The Morgan fingerprint density at radius 3 is 1.45 bits per heavy atom. The summed E-state index contributed by atoms with van der Waals surface area (Å²) >= 11 is 2.44. The van der Waals surface area contributed by atoms with E-state index in [1.165, 1.54) is 139 Å². The minimum absolute atomic E-state index is 0.0330. The highest BCUT2D eigenvalue weighted by Crippen LogP contribution is 2.15. The summed E-state index contributed by atoms with van der Waals surface area (Å²) in [5, 5.41) is 0. The first-order chi connectivity index (χ1) is 16.3. The van der Waals surface area contributed by atoms with Crippen molar-refractivity contribution in [3.63, 3.8) is 0 Å². The maximum absolute atomic E-state index is 6.16. The van der Waals surface area contributed by atoms with Crippen molar-refractivity contribution >= 4 is 22.6 Å². The molecule has 0 radical (unpaired) electrons. The van der Waals surface area contributed by atoms with Crippen molar-refractivity contribution in [1.29, 1.82) is 0 Å². The summed E-state index contributed by atoms with van der Waals surface area (Å²) in [6.45, 7) is 6.31. The predicted molar refractivity (Wildman–Crippen MR) is 157 cm³/mol. The summed E-state index contributed by atoms with van der Waals surface area (Å²) in [4.78, 5) is 0. The quantitative estimate of drug-likeness (QED) is 0.0302. The smallest absolute Gasteiger partial charge is 0.157 e. The zero-order valence-electron chi connectivity index (χ0n) is 22.6. The van der Waals surface area contributed by atoms with Crippen LogP contribution in [0.1, 0.15) is 155 Å². The molecule has 0 aromatic rings. The Morgan fingerprint density at radius 2 is 0.939 bits per heavy atom. The van der Waals surface area contributed by atoms with Gasteiger partial charge in [-0.1, -0.05) is 145 Å². The van der Waals surface area contributed by atoms with E-state index in [0.29, 0.717) is 0 Å². The van der Waals surface area contributed by atoms with Gasteiger partial charge in [-0.25, -0.2) is 0 Å². The normalized spacial score (nSPS) is 11.9. The standard InChI is InChI=1S/C30H59IO2/c1-3-5-7-9-20-24-28-32-30(33-29-25-21-10-8-6-4-2)26-22-18-16-14-12-11-13-15-17-19-23-27-31/h17,19,30H,3-16,18,20-29H2,1-2H3/b19-17+. The molecule has 0 unspecified atom stereocenters. The van der Waals surface area contributed by atoms with Crippen LogP contribution in [0, 0.1) is 0 Å². The SMILES string of the molecule is CCCCCCCCOC(CCCCCCCCC/C=C/CCI)OCCCCCCCC. The third-order valence-corrected chi connectivity index (χ3v) is 6.98. The van der Waals surface area contributed by atoms with Gasteiger partial charge in [0.25, 0.3) is 0 Å². The highest BCUT2D eigenvalue weighted by atomic mass is 127. The summed E-state index contributed by atoms with van der Waals surface area (Å²) in [6.07, 6.45) is 33.6. The second-order valence-electron chi connectivity index (χ2n) is 9.71. The maximum atomic E-state index is 6.16. The van der Waals surface area contributed by atoms with Gasteiger partial charge in [0.2, 0.25) is 0 Å². The number of allylic oxidation sites excluding steroid dienone is 2. The third kappa shape index (κ3) is 28.5. The zero-order valence-corrected chi connectivity index (χ0v) is 24.8. The number of hydrogen-bond acceptors (Lipinski definition) is 2. The Labute approximate surface area is 222 Å². The first kappa shape index (κ1) is 33.4. The molecule has 2 nitrogen and oxygen atoms in total. The lowest BCUT2D eigenvalue weighted by molar-refractivity contribution is -0.148. The Balaban J connectivity index is 3.80. The Hall–Kier alpha value is 0.390. The van der Waals surface area contributed by atoms with E-state index in [9.17, 15) is 0 Å². The molecule has 0 saturated carbocycles. The summed E-state index contributed by atoms with van der Waals surface area (Å²) in [5.74, 6) is 0. The third-order valence-electron chi connectivity index (χ3n) is 6.36. The topological polar surface area (TPSA) is 18.5 Å². The lowest BCUT2D eigenvalue weighted by atomic mass is 10.1. The number of halogens is 1. The molecule has 0 heterocycles. The van der Waals surface area contributed by atoms with E-state index in [-0.39, 0.29) is 6.29 Å². The maximum Gasteiger partial charge on any atom is 0.157 e. The number of hydrogen-bond donors (Lipinski definition) is 0. The van der Waals surface area contributed by atoms with Crippen LogP contribution in [0.3, 0.4) is 0 Å². The van der Waals surface area contributed by atoms with Crippen molar-refractivity contribution < 1.29 is 9.47 Å². The summed E-state index contributed by atoms with van der Waals surface area (Å²) in [6, 6.07) is 0. The largest absolute Gasteiger partial charge is 0.353 e. The van der Waals surface area contributed by atoms with Gasteiger partial charge in [0, 0.05) is 17.6 Å². The zero-order chi connectivity index (χ0) is 24.1. The lowest BCUT2D eigenvalue weighted by Crippen LogP contribution is -2.19. The van der Waals surface area contributed by atoms with Crippen molar-refractivity contribution in [2.24, 2.45) is 0 Å². The molecular weight excluding hydrogens is 519 g/mol. The van der Waals surface area contributed by atoms with E-state index < -0.39 is 0 Å². The molecule has 0 aliphatic heterocycles. The molecule has 0 spiro atoms. The van der Waals surface area contributed by atoms with Crippen LogP contribution < -0.4 is 0 Å². The molecule has 0 aromatic heterocycles. The van der Waals surface area contributed by atoms with Crippen molar-refractivity contribution in [3.05, 3.63) is 12.2 Å². The molecule has 0 bridgehead atoms. The predicted octanol–water partition coefficient (Wildman–Crippen LogP) is 11.0. The monoisotopic (exact) mass is 578 g/mol. The van der Waals surface area contributed by atoms with Crippen molar-refractivity contribution in [1.82, 2.24) is 0 Å². The molecule has 0 aliphatic carbocycles. The van der Waals surface area contributed by atoms with Crippen molar-refractivity contribution in [2.45, 2.75) is 161 Å². The molecule has 0 saturated heterocycles. The van der Waals surface area contributed by atoms with E-state index in [2.05, 4.69) is 48.6 Å². The van der Waals surface area contributed by atoms with Crippen LogP contribution in [0.4, 0.5) is 0 Å². The molecular formula is C30H59IO2. The number of unbranched alkanes of at least 4 members (excludes halogenated alkanes) is 17. The van der Waals surface area contributed by atoms with Crippen LogP contribution in [0.25, 0.3) is 0 Å². The van der Waals surface area contributed by atoms with Gasteiger partial charge < -0.3 is 9.47 Å². The van der Waals surface area contributed by atoms with Gasteiger partial charge in [-0.3, -0.25) is 0 Å². The molecule has 0 rings (SSSR count). The summed E-state index contributed by atoms with van der Waals surface area (Å²) in [7, 11) is 0. The molecule has 0 N–H and O–H groups in total. The van der Waals surface area contributed by atoms with Crippen molar-refractivity contribution in [2.75, 3.05) is 17.6 Å². The van der Waals surface area contributed by atoms with E-state index in [1.807, 2.05) is 0 Å². The van der Waals surface area contributed by atoms with Crippen LogP contribution in [0.2, 0.25) is 0 Å². The van der Waals surface area contributed by atoms with Gasteiger partial charge >= 0.3 is 0 Å². The van der Waals surface area contributed by atoms with Gasteiger partial charge in [0.1, 0.15) is 0 Å². The van der Waals surface area contributed by atoms with E-state index >= 15 is 0 Å². The van der Waals surface area contributed by atoms with E-state index in [1.54, 1.807) is 0 Å². The molecule has 3 heteroatoms. The fraction of sp³-hybridized carbons (Fsp3) is 0.933. The molecule has 0 fully saturated rings. The Morgan fingerprint density at radius 1 is 0.515 bits per heavy atom. The first-order valence-corrected chi connectivity index (χ1v) is 16.3. The number of rotatable bonds is 28. The van der Waals surface area contributed by atoms with Gasteiger partial charge in [-0.2, -0.15) is 0 Å². The minimum atomic E-state index is 0.0330. The molecule has 0 aromatic carbocycles. The van der Waals surface area contributed by atoms with Gasteiger partial charge in [-0.05, 0) is 44.9 Å². The minimum Gasteiger partial charge on any atom is -0.353 e. The average Bonchev–Trinajstić information content (AvgIpc) is 2.83. The van der Waals surface area contributed by atoms with Crippen LogP contribution in [-0.4, -0.2) is 23.9 Å². The van der Waals surface area contributed by atoms with E-state index in [4.69, 9.17) is 9.47 Å². The van der Waals surface area contributed by atoms with Crippen LogP contribution in [0.5, 0.6) is 0 Å². The number of ether oxygens (including phenoxy) is 2. The second kappa shape index (κ2) is 30.4. The van der Waals surface area contributed by atoms with Gasteiger partial charge in [0.15, 0.2) is 6.29 Å². The lowest BCUT2D eigenvalue weighted by Gasteiger charge is -2.19.